The molecule has 0 atom stereocenters. The Balaban J connectivity index is 1.30. The summed E-state index contributed by atoms with van der Waals surface area (Å²) in [7, 11) is 0. The highest BCUT2D eigenvalue weighted by molar-refractivity contribution is 7.10. The van der Waals surface area contributed by atoms with Gasteiger partial charge >= 0.3 is 0 Å². The second-order valence-corrected chi connectivity index (χ2v) is 8.07. The van der Waals surface area contributed by atoms with E-state index in [-0.39, 0.29) is 5.91 Å². The van der Waals surface area contributed by atoms with Crippen LogP contribution in [0, 0.1) is 13.8 Å². The molecule has 0 unspecified atom stereocenters. The molecule has 4 nitrogen and oxygen atoms in total. The molecule has 0 saturated heterocycles. The van der Waals surface area contributed by atoms with Gasteiger partial charge in [-0.1, -0.05) is 12.1 Å². The molecule has 1 aliphatic heterocycles. The number of nitrogens with zero attached hydrogens (tertiary/aromatic N) is 1. The molecule has 3 aromatic rings. The van der Waals surface area contributed by atoms with E-state index in [1.807, 2.05) is 11.3 Å². The fourth-order valence-corrected chi connectivity index (χ4v) is 4.50. The molecule has 1 N–H and O–H groups in total. The van der Waals surface area contributed by atoms with Crippen molar-refractivity contribution in [1.29, 1.82) is 0 Å². The van der Waals surface area contributed by atoms with Crippen molar-refractivity contribution in [3.05, 3.63) is 57.0 Å². The van der Waals surface area contributed by atoms with Crippen molar-refractivity contribution in [2.75, 3.05) is 19.6 Å². The Morgan fingerprint density at radius 3 is 3.08 bits per heavy atom. The van der Waals surface area contributed by atoms with Crippen molar-refractivity contribution in [2.24, 2.45) is 0 Å². The number of hydrogen-bond acceptors (Lipinski definition) is 4. The number of benzene rings is 1. The quantitative estimate of drug-likeness (QED) is 0.744. The molecule has 5 heteroatoms. The molecule has 1 aromatic carbocycles. The molecule has 0 fully saturated rings. The predicted molar refractivity (Wildman–Crippen MR) is 106 cm³/mol. The lowest BCUT2D eigenvalue weighted by atomic mass is 10.0. The number of fused-ring (bicyclic) bond motifs is 2. The number of amides is 1. The Bertz CT molecular complexity index is 941. The van der Waals surface area contributed by atoms with Crippen molar-refractivity contribution in [3.8, 4) is 0 Å². The molecule has 26 heavy (non-hydrogen) atoms. The van der Waals surface area contributed by atoms with Gasteiger partial charge in [0.05, 0.1) is 12.7 Å². The molecular weight excluding hydrogens is 344 g/mol. The molecule has 4 rings (SSSR count). The summed E-state index contributed by atoms with van der Waals surface area (Å²) in [4.78, 5) is 16.3. The summed E-state index contributed by atoms with van der Waals surface area (Å²) in [6.45, 7) is 7.79. The minimum absolute atomic E-state index is 0.0548. The number of furan rings is 1. The molecular formula is C21H24N2O2S. The summed E-state index contributed by atoms with van der Waals surface area (Å²) >= 11 is 1.86. The van der Waals surface area contributed by atoms with Crippen molar-refractivity contribution in [3.63, 3.8) is 0 Å². The molecule has 3 heterocycles. The highest BCUT2D eigenvalue weighted by Crippen LogP contribution is 2.27. The second kappa shape index (κ2) is 7.25. The minimum Gasteiger partial charge on any atom is -0.464 e. The number of carbonyl (C=O) groups is 1. The van der Waals surface area contributed by atoms with E-state index in [1.54, 1.807) is 6.26 Å². The second-order valence-electron chi connectivity index (χ2n) is 7.07. The van der Waals surface area contributed by atoms with Crippen LogP contribution in [-0.4, -0.2) is 30.4 Å². The van der Waals surface area contributed by atoms with Crippen LogP contribution in [0.4, 0.5) is 0 Å². The molecule has 2 aromatic heterocycles. The van der Waals surface area contributed by atoms with Gasteiger partial charge in [0.1, 0.15) is 5.58 Å². The minimum atomic E-state index is 0.0548. The first-order valence-electron chi connectivity index (χ1n) is 9.12. The zero-order valence-electron chi connectivity index (χ0n) is 15.3. The van der Waals surface area contributed by atoms with Gasteiger partial charge in [-0.2, -0.15) is 0 Å². The molecule has 0 spiro atoms. The lowest BCUT2D eigenvalue weighted by molar-refractivity contribution is -0.120. The average molecular weight is 369 g/mol. The van der Waals surface area contributed by atoms with E-state index in [9.17, 15) is 4.79 Å². The van der Waals surface area contributed by atoms with E-state index in [0.717, 1.165) is 48.2 Å². The van der Waals surface area contributed by atoms with Crippen LogP contribution < -0.4 is 5.32 Å². The molecule has 0 bridgehead atoms. The van der Waals surface area contributed by atoms with Crippen molar-refractivity contribution in [2.45, 2.75) is 33.2 Å². The van der Waals surface area contributed by atoms with E-state index in [2.05, 4.69) is 47.6 Å². The van der Waals surface area contributed by atoms with Gasteiger partial charge in [0.15, 0.2) is 0 Å². The maximum Gasteiger partial charge on any atom is 0.224 e. The number of hydrogen-bond donors (Lipinski definition) is 1. The molecule has 0 radical (unpaired) electrons. The summed E-state index contributed by atoms with van der Waals surface area (Å²) < 4.78 is 5.70. The van der Waals surface area contributed by atoms with Crippen LogP contribution in [0.15, 0.2) is 34.3 Å². The first kappa shape index (κ1) is 17.3. The number of thiophene rings is 1. The van der Waals surface area contributed by atoms with Gasteiger partial charge in [-0.15, -0.1) is 11.3 Å². The monoisotopic (exact) mass is 368 g/mol. The van der Waals surface area contributed by atoms with Gasteiger partial charge in [-0.05, 0) is 48.4 Å². The largest absolute Gasteiger partial charge is 0.464 e. The van der Waals surface area contributed by atoms with E-state index in [1.165, 1.54) is 16.0 Å². The number of rotatable bonds is 5. The van der Waals surface area contributed by atoms with Gasteiger partial charge in [0, 0.05) is 42.0 Å². The lowest BCUT2D eigenvalue weighted by Gasteiger charge is -2.26. The SMILES string of the molecule is Cc1ccc2c(CC(=O)NCCN3CCc4sccc4C3)coc2c1C. The van der Waals surface area contributed by atoms with Crippen LogP contribution in [0.25, 0.3) is 11.0 Å². The smallest absolute Gasteiger partial charge is 0.224 e. The summed E-state index contributed by atoms with van der Waals surface area (Å²) in [6.07, 6.45) is 3.21. The number of nitrogens with one attached hydrogen (secondary N) is 1. The maximum absolute atomic E-state index is 12.3. The third-order valence-corrected chi connectivity index (χ3v) is 6.35. The Hall–Kier alpha value is -2.11. The highest BCUT2D eigenvalue weighted by atomic mass is 32.1. The summed E-state index contributed by atoms with van der Waals surface area (Å²) in [6, 6.07) is 6.36. The lowest BCUT2D eigenvalue weighted by Crippen LogP contribution is -2.37. The third kappa shape index (κ3) is 3.41. The van der Waals surface area contributed by atoms with Gasteiger partial charge < -0.3 is 9.73 Å². The maximum atomic E-state index is 12.3. The standard InChI is InChI=1S/C21H24N2O2S/c1-14-3-4-18-17(13-25-21(18)15(14)2)11-20(24)22-7-9-23-8-5-19-16(12-23)6-10-26-19/h3-4,6,10,13H,5,7-9,11-12H2,1-2H3,(H,22,24). The zero-order chi connectivity index (χ0) is 18.1. The summed E-state index contributed by atoms with van der Waals surface area (Å²) in [5, 5.41) is 6.28. The van der Waals surface area contributed by atoms with E-state index < -0.39 is 0 Å². The van der Waals surface area contributed by atoms with Gasteiger partial charge in [-0.3, -0.25) is 9.69 Å². The number of aryl methyl sites for hydroxylation is 2. The van der Waals surface area contributed by atoms with Crippen LogP contribution in [0.3, 0.4) is 0 Å². The Labute approximate surface area is 157 Å². The molecule has 136 valence electrons. The molecule has 0 aliphatic carbocycles. The third-order valence-electron chi connectivity index (χ3n) is 5.33. The van der Waals surface area contributed by atoms with Gasteiger partial charge in [0.25, 0.3) is 0 Å². The fourth-order valence-electron chi connectivity index (χ4n) is 3.61. The van der Waals surface area contributed by atoms with E-state index in [0.29, 0.717) is 13.0 Å². The van der Waals surface area contributed by atoms with Crippen LogP contribution in [-0.2, 0) is 24.2 Å². The van der Waals surface area contributed by atoms with Crippen LogP contribution in [0.5, 0.6) is 0 Å². The van der Waals surface area contributed by atoms with E-state index in [4.69, 9.17) is 4.42 Å². The average Bonchev–Trinajstić information content (AvgIpc) is 3.25. The Morgan fingerprint density at radius 1 is 1.31 bits per heavy atom. The van der Waals surface area contributed by atoms with Gasteiger partial charge in [-0.25, -0.2) is 0 Å². The van der Waals surface area contributed by atoms with Crippen LogP contribution >= 0.6 is 11.3 Å². The van der Waals surface area contributed by atoms with E-state index >= 15 is 0 Å². The predicted octanol–water partition coefficient (Wildman–Crippen LogP) is 3.83. The zero-order valence-corrected chi connectivity index (χ0v) is 16.1. The highest BCUT2D eigenvalue weighted by Gasteiger charge is 2.17. The van der Waals surface area contributed by atoms with Crippen LogP contribution in [0.2, 0.25) is 0 Å². The first-order valence-corrected chi connectivity index (χ1v) is 10.0. The van der Waals surface area contributed by atoms with Crippen LogP contribution in [0.1, 0.15) is 27.1 Å². The molecule has 1 amide bonds. The van der Waals surface area contributed by atoms with Crippen molar-refractivity contribution < 1.29 is 9.21 Å². The first-order chi connectivity index (χ1) is 12.6. The Kier molecular flexibility index (Phi) is 4.83. The Morgan fingerprint density at radius 2 is 2.19 bits per heavy atom. The fraction of sp³-hybridized carbons (Fsp3) is 0.381. The topological polar surface area (TPSA) is 45.5 Å². The van der Waals surface area contributed by atoms with Gasteiger partial charge in [0.2, 0.25) is 5.91 Å². The molecule has 1 aliphatic rings. The summed E-state index contributed by atoms with van der Waals surface area (Å²) in [5.41, 5.74) is 5.66. The van der Waals surface area contributed by atoms with Crippen molar-refractivity contribution >= 4 is 28.2 Å². The molecule has 0 saturated carbocycles. The summed E-state index contributed by atoms with van der Waals surface area (Å²) in [5.74, 6) is 0.0548. The number of carbonyl (C=O) groups excluding carboxylic acids is 1. The van der Waals surface area contributed by atoms with Crippen molar-refractivity contribution in [1.82, 2.24) is 10.2 Å². The normalized spacial score (nSPS) is 14.5.